The molecule has 2 heterocycles. The van der Waals surface area contributed by atoms with Crippen LogP contribution < -0.4 is 5.56 Å². The van der Waals surface area contributed by atoms with Crippen LogP contribution in [-0.4, -0.2) is 14.6 Å². The van der Waals surface area contributed by atoms with Crippen LogP contribution in [0.5, 0.6) is 0 Å². The second-order valence-electron chi connectivity index (χ2n) is 1.95. The van der Waals surface area contributed by atoms with Gasteiger partial charge in [-0.2, -0.15) is 9.61 Å². The monoisotopic (exact) mass is 135 g/mol. The standard InChI is InChI=1S/C6H5N3O/c10-6-3-1-2-5-7-4-8-9(5)6/h1-4H,(H,7,8). The lowest BCUT2D eigenvalue weighted by atomic mass is 10.5. The zero-order chi connectivity index (χ0) is 6.97. The molecule has 0 aromatic carbocycles. The second kappa shape index (κ2) is 1.70. The summed E-state index contributed by atoms with van der Waals surface area (Å²) in [5.41, 5.74) is 0.603. The molecule has 0 aliphatic rings. The maximum absolute atomic E-state index is 10.9. The Labute approximate surface area is 56.1 Å². The van der Waals surface area contributed by atoms with Crippen molar-refractivity contribution in [2.24, 2.45) is 0 Å². The number of pyridine rings is 1. The molecule has 2 aromatic rings. The second-order valence-corrected chi connectivity index (χ2v) is 1.95. The summed E-state index contributed by atoms with van der Waals surface area (Å²) in [6, 6.07) is 4.94. The number of nitrogens with one attached hydrogen (secondary N) is 1. The Morgan fingerprint density at radius 3 is 3.20 bits per heavy atom. The Morgan fingerprint density at radius 1 is 1.50 bits per heavy atom. The molecule has 0 aliphatic carbocycles. The third-order valence-corrected chi connectivity index (χ3v) is 1.32. The third-order valence-electron chi connectivity index (χ3n) is 1.32. The van der Waals surface area contributed by atoms with Crippen molar-refractivity contribution in [2.75, 3.05) is 0 Å². The molecule has 0 radical (unpaired) electrons. The summed E-state index contributed by atoms with van der Waals surface area (Å²) < 4.78 is 1.31. The largest absolute Gasteiger partial charge is 0.329 e. The van der Waals surface area contributed by atoms with Gasteiger partial charge < -0.3 is 4.98 Å². The summed E-state index contributed by atoms with van der Waals surface area (Å²) in [7, 11) is 0. The van der Waals surface area contributed by atoms with Gasteiger partial charge in [0.15, 0.2) is 0 Å². The maximum atomic E-state index is 10.9. The zero-order valence-electron chi connectivity index (χ0n) is 5.11. The van der Waals surface area contributed by atoms with Crippen molar-refractivity contribution < 1.29 is 0 Å². The third kappa shape index (κ3) is 0.556. The molecule has 2 aromatic heterocycles. The minimum atomic E-state index is -0.112. The zero-order valence-corrected chi connectivity index (χ0v) is 5.11. The molecule has 10 heavy (non-hydrogen) atoms. The van der Waals surface area contributed by atoms with Gasteiger partial charge in [0.25, 0.3) is 5.56 Å². The van der Waals surface area contributed by atoms with E-state index in [1.54, 1.807) is 12.1 Å². The average molecular weight is 135 g/mol. The molecule has 0 aliphatic heterocycles. The van der Waals surface area contributed by atoms with Crippen molar-refractivity contribution in [1.82, 2.24) is 14.6 Å². The molecule has 0 spiro atoms. The van der Waals surface area contributed by atoms with E-state index in [4.69, 9.17) is 0 Å². The fourth-order valence-electron chi connectivity index (χ4n) is 0.863. The van der Waals surface area contributed by atoms with Crippen LogP contribution in [0.15, 0.2) is 29.3 Å². The summed E-state index contributed by atoms with van der Waals surface area (Å²) in [6.45, 7) is 0. The summed E-state index contributed by atoms with van der Waals surface area (Å²) >= 11 is 0. The number of hydrogen-bond acceptors (Lipinski definition) is 2. The molecule has 0 amide bonds. The Morgan fingerprint density at radius 2 is 2.40 bits per heavy atom. The number of aromatic nitrogens is 3. The highest BCUT2D eigenvalue weighted by molar-refractivity contribution is 5.34. The lowest BCUT2D eigenvalue weighted by molar-refractivity contribution is 0.920. The van der Waals surface area contributed by atoms with E-state index in [1.165, 1.54) is 16.9 Å². The Balaban J connectivity index is 3.09. The van der Waals surface area contributed by atoms with Gasteiger partial charge in [0.05, 0.1) is 0 Å². The normalized spacial score (nSPS) is 10.4. The first-order valence-electron chi connectivity index (χ1n) is 2.89. The van der Waals surface area contributed by atoms with Gasteiger partial charge >= 0.3 is 0 Å². The lowest BCUT2D eigenvalue weighted by Crippen LogP contribution is -2.10. The molecule has 2 rings (SSSR count). The molecule has 4 heteroatoms. The highest BCUT2D eigenvalue weighted by atomic mass is 16.1. The molecule has 0 fully saturated rings. The topological polar surface area (TPSA) is 50.2 Å². The smallest absolute Gasteiger partial charge is 0.272 e. The molecule has 0 atom stereocenters. The number of fused-ring (bicyclic) bond motifs is 1. The maximum Gasteiger partial charge on any atom is 0.272 e. The summed E-state index contributed by atoms with van der Waals surface area (Å²) in [4.78, 5) is 13.7. The molecule has 50 valence electrons. The van der Waals surface area contributed by atoms with Crippen LogP contribution in [0.3, 0.4) is 0 Å². The van der Waals surface area contributed by atoms with Crippen LogP contribution in [0.2, 0.25) is 0 Å². The van der Waals surface area contributed by atoms with Gasteiger partial charge in [0, 0.05) is 6.07 Å². The van der Waals surface area contributed by atoms with Crippen LogP contribution in [-0.2, 0) is 0 Å². The van der Waals surface area contributed by atoms with Crippen LogP contribution in [0.1, 0.15) is 0 Å². The predicted octanol–water partition coefficient (Wildman–Crippen LogP) is 0.0226. The molecule has 0 unspecified atom stereocenters. The predicted molar refractivity (Wildman–Crippen MR) is 35.8 cm³/mol. The first-order valence-corrected chi connectivity index (χ1v) is 2.89. The molecule has 1 N–H and O–H groups in total. The number of hydrogen-bond donors (Lipinski definition) is 1. The number of H-pyrrole nitrogens is 1. The summed E-state index contributed by atoms with van der Waals surface area (Å²) in [5, 5.41) is 3.77. The van der Waals surface area contributed by atoms with Gasteiger partial charge in [0.1, 0.15) is 12.0 Å². The van der Waals surface area contributed by atoms with E-state index in [9.17, 15) is 4.79 Å². The summed E-state index contributed by atoms with van der Waals surface area (Å²) in [5.74, 6) is 0. The minimum Gasteiger partial charge on any atom is -0.329 e. The highest BCUT2D eigenvalue weighted by Gasteiger charge is 1.92. The Kier molecular flexibility index (Phi) is 0.887. The first kappa shape index (κ1) is 5.22. The SMILES string of the molecule is O=c1cccc2[nH]cnn12. The quantitative estimate of drug-likeness (QED) is 0.553. The molecular weight excluding hydrogens is 130 g/mol. The van der Waals surface area contributed by atoms with Crippen LogP contribution in [0.25, 0.3) is 5.65 Å². The Bertz CT molecular complexity index is 400. The average Bonchev–Trinajstić information content (AvgIpc) is 2.36. The van der Waals surface area contributed by atoms with E-state index in [0.717, 1.165) is 0 Å². The summed E-state index contributed by atoms with van der Waals surface area (Å²) in [6.07, 6.45) is 1.48. The minimum absolute atomic E-state index is 0.112. The van der Waals surface area contributed by atoms with E-state index < -0.39 is 0 Å². The van der Waals surface area contributed by atoms with E-state index >= 15 is 0 Å². The highest BCUT2D eigenvalue weighted by Crippen LogP contribution is 1.89. The van der Waals surface area contributed by atoms with E-state index in [-0.39, 0.29) is 5.56 Å². The fourth-order valence-corrected chi connectivity index (χ4v) is 0.863. The molecule has 0 bridgehead atoms. The van der Waals surface area contributed by atoms with Crippen molar-refractivity contribution in [1.29, 1.82) is 0 Å². The van der Waals surface area contributed by atoms with Gasteiger partial charge in [0.2, 0.25) is 0 Å². The van der Waals surface area contributed by atoms with E-state index in [1.807, 2.05) is 0 Å². The first-order chi connectivity index (χ1) is 4.88. The van der Waals surface area contributed by atoms with E-state index in [0.29, 0.717) is 5.65 Å². The van der Waals surface area contributed by atoms with Gasteiger partial charge in [-0.15, -0.1) is 0 Å². The van der Waals surface area contributed by atoms with Crippen molar-refractivity contribution in [3.63, 3.8) is 0 Å². The number of rotatable bonds is 0. The van der Waals surface area contributed by atoms with Crippen LogP contribution in [0.4, 0.5) is 0 Å². The van der Waals surface area contributed by atoms with Crippen LogP contribution in [0, 0.1) is 0 Å². The van der Waals surface area contributed by atoms with Crippen molar-refractivity contribution in [2.45, 2.75) is 0 Å². The van der Waals surface area contributed by atoms with Gasteiger partial charge in [-0.05, 0) is 6.07 Å². The number of nitrogens with zero attached hydrogens (tertiary/aromatic N) is 2. The lowest BCUT2D eigenvalue weighted by Gasteiger charge is -1.84. The van der Waals surface area contributed by atoms with Gasteiger partial charge in [-0.25, -0.2) is 0 Å². The molecule has 0 saturated carbocycles. The van der Waals surface area contributed by atoms with Gasteiger partial charge in [-0.3, -0.25) is 4.79 Å². The van der Waals surface area contributed by atoms with Gasteiger partial charge in [-0.1, -0.05) is 6.07 Å². The van der Waals surface area contributed by atoms with Crippen molar-refractivity contribution in [3.05, 3.63) is 34.9 Å². The van der Waals surface area contributed by atoms with Crippen LogP contribution >= 0.6 is 0 Å². The van der Waals surface area contributed by atoms with Crippen molar-refractivity contribution in [3.8, 4) is 0 Å². The van der Waals surface area contributed by atoms with E-state index in [2.05, 4.69) is 10.1 Å². The van der Waals surface area contributed by atoms with Crippen molar-refractivity contribution >= 4 is 5.65 Å². The fraction of sp³-hybridized carbons (Fsp3) is 0. The Hall–Kier alpha value is -1.58. The number of aromatic amines is 1. The molecule has 0 saturated heterocycles. The molecular formula is C6H5N3O. The molecule has 4 nitrogen and oxygen atoms in total.